The molecule has 1 aromatic rings. The smallest absolute Gasteiger partial charge is 1.00 e. The Morgan fingerprint density at radius 2 is 1.82 bits per heavy atom. The molecule has 2 rings (SSSR count). The van der Waals surface area contributed by atoms with Crippen LogP contribution in [0.2, 0.25) is 0 Å². The van der Waals surface area contributed by atoms with Gasteiger partial charge in [0.25, 0.3) is 0 Å². The summed E-state index contributed by atoms with van der Waals surface area (Å²) in [6.07, 6.45) is 2.66. The van der Waals surface area contributed by atoms with E-state index in [0.29, 0.717) is 25.3 Å². The van der Waals surface area contributed by atoms with E-state index in [9.17, 15) is 9.59 Å². The fraction of sp³-hybridized carbons (Fsp3) is 0.500. The van der Waals surface area contributed by atoms with Gasteiger partial charge in [-0.25, -0.2) is 4.79 Å². The summed E-state index contributed by atoms with van der Waals surface area (Å²) in [5, 5.41) is 11.7. The van der Waals surface area contributed by atoms with Crippen molar-refractivity contribution in [1.82, 2.24) is 5.32 Å². The van der Waals surface area contributed by atoms with Crippen LogP contribution in [0.15, 0.2) is 30.3 Å². The van der Waals surface area contributed by atoms with Crippen LogP contribution >= 0.6 is 0 Å². The maximum Gasteiger partial charge on any atom is 1.00 e. The molecule has 0 unspecified atom stereocenters. The zero-order chi connectivity index (χ0) is 15.1. The van der Waals surface area contributed by atoms with Crippen molar-refractivity contribution in [3.63, 3.8) is 0 Å². The number of rotatable bonds is 5. The van der Waals surface area contributed by atoms with Crippen molar-refractivity contribution in [3.8, 4) is 0 Å². The summed E-state index contributed by atoms with van der Waals surface area (Å²) in [7, 11) is 0. The Bertz CT molecular complexity index is 478. The topological polar surface area (TPSA) is 75.6 Å². The molecule has 6 heteroatoms. The molecular weight excluding hydrogens is 293 g/mol. The molecule has 0 atom stereocenters. The van der Waals surface area contributed by atoms with Gasteiger partial charge in [0, 0.05) is 6.54 Å². The number of carbonyl (C=O) groups is 2. The van der Waals surface area contributed by atoms with Crippen LogP contribution in [0.3, 0.4) is 0 Å². The number of carboxylic acid groups (broad SMARTS) is 1. The van der Waals surface area contributed by atoms with Crippen molar-refractivity contribution in [1.29, 1.82) is 0 Å². The van der Waals surface area contributed by atoms with Gasteiger partial charge in [0.2, 0.25) is 0 Å². The van der Waals surface area contributed by atoms with E-state index in [1.54, 1.807) is 0 Å². The molecule has 0 bridgehead atoms. The third-order valence-electron chi connectivity index (χ3n) is 3.94. The quantitative estimate of drug-likeness (QED) is 0.745. The Balaban J connectivity index is 0.00000242. The summed E-state index contributed by atoms with van der Waals surface area (Å²) in [4.78, 5) is 22.5. The second-order valence-electron chi connectivity index (χ2n) is 5.50. The van der Waals surface area contributed by atoms with Crippen molar-refractivity contribution in [2.75, 3.05) is 6.54 Å². The van der Waals surface area contributed by atoms with Crippen molar-refractivity contribution in [2.45, 2.75) is 32.3 Å². The maximum atomic E-state index is 11.6. The fourth-order valence-corrected chi connectivity index (χ4v) is 2.62. The molecule has 0 radical (unpaired) electrons. The Morgan fingerprint density at radius 3 is 2.41 bits per heavy atom. The van der Waals surface area contributed by atoms with Crippen LogP contribution in [0, 0.1) is 11.8 Å². The molecule has 1 aliphatic carbocycles. The van der Waals surface area contributed by atoms with E-state index in [2.05, 4.69) is 5.32 Å². The third-order valence-corrected chi connectivity index (χ3v) is 3.94. The zero-order valence-corrected chi connectivity index (χ0v) is 15.0. The molecule has 0 heterocycles. The van der Waals surface area contributed by atoms with Gasteiger partial charge in [-0.1, -0.05) is 30.3 Å². The molecule has 22 heavy (non-hydrogen) atoms. The van der Waals surface area contributed by atoms with E-state index in [4.69, 9.17) is 9.84 Å². The Morgan fingerprint density at radius 1 is 1.18 bits per heavy atom. The van der Waals surface area contributed by atoms with Crippen LogP contribution in [-0.2, 0) is 16.1 Å². The first-order valence-corrected chi connectivity index (χ1v) is 7.32. The first kappa shape index (κ1) is 19.0. The maximum absolute atomic E-state index is 11.6. The molecule has 1 saturated carbocycles. The standard InChI is InChI=1S/C16H21NO4.Na.H/c18-15(19)14-8-6-12(7-9-14)10-17-16(20)21-11-13-4-2-1-3-5-13;;/h1-5,12,14H,6-11H2,(H,17,20)(H,18,19);;/q;+1;-1. The summed E-state index contributed by atoms with van der Waals surface area (Å²) < 4.78 is 5.13. The summed E-state index contributed by atoms with van der Waals surface area (Å²) >= 11 is 0. The number of alkyl carbamates (subject to hydrolysis) is 1. The monoisotopic (exact) mass is 315 g/mol. The molecule has 2 N–H and O–H groups in total. The molecule has 0 aromatic heterocycles. The van der Waals surface area contributed by atoms with Gasteiger partial charge in [-0.2, -0.15) is 0 Å². The summed E-state index contributed by atoms with van der Waals surface area (Å²) in [6, 6.07) is 9.52. The molecule has 1 fully saturated rings. The third kappa shape index (κ3) is 6.38. The second kappa shape index (κ2) is 9.87. The van der Waals surface area contributed by atoms with Crippen LogP contribution in [-0.4, -0.2) is 23.7 Å². The van der Waals surface area contributed by atoms with E-state index in [1.165, 1.54) is 0 Å². The van der Waals surface area contributed by atoms with E-state index in [1.807, 2.05) is 30.3 Å². The van der Waals surface area contributed by atoms with E-state index >= 15 is 0 Å². The second-order valence-corrected chi connectivity index (χ2v) is 5.50. The molecule has 1 amide bonds. The van der Waals surface area contributed by atoms with Crippen LogP contribution in [0.1, 0.15) is 32.7 Å². The van der Waals surface area contributed by atoms with Gasteiger partial charge in [-0.05, 0) is 37.2 Å². The number of carboxylic acids is 1. The van der Waals surface area contributed by atoms with E-state index in [-0.39, 0.29) is 43.5 Å². The number of carbonyl (C=O) groups excluding carboxylic acids is 1. The Hall–Kier alpha value is -1.04. The van der Waals surface area contributed by atoms with Crippen molar-refractivity contribution in [3.05, 3.63) is 35.9 Å². The number of hydrogen-bond donors (Lipinski definition) is 2. The van der Waals surface area contributed by atoms with Gasteiger partial charge in [-0.15, -0.1) is 0 Å². The minimum Gasteiger partial charge on any atom is -1.00 e. The zero-order valence-electron chi connectivity index (χ0n) is 14.0. The van der Waals surface area contributed by atoms with Crippen LogP contribution in [0.4, 0.5) is 4.79 Å². The predicted molar refractivity (Wildman–Crippen MR) is 78.8 cm³/mol. The van der Waals surface area contributed by atoms with Crippen LogP contribution in [0.5, 0.6) is 0 Å². The molecule has 116 valence electrons. The number of amides is 1. The molecule has 0 spiro atoms. The number of hydrogen-bond acceptors (Lipinski definition) is 3. The predicted octanol–water partition coefficient (Wildman–Crippen LogP) is -0.0797. The number of aliphatic carboxylic acids is 1. The minimum absolute atomic E-state index is 0. The molecule has 0 saturated heterocycles. The average Bonchev–Trinajstić information content (AvgIpc) is 2.52. The number of ether oxygens (including phenoxy) is 1. The van der Waals surface area contributed by atoms with Gasteiger partial charge in [-0.3, -0.25) is 4.79 Å². The summed E-state index contributed by atoms with van der Waals surface area (Å²) in [5.74, 6) is -0.570. The Kier molecular flexibility index (Phi) is 8.53. The fourth-order valence-electron chi connectivity index (χ4n) is 2.62. The molecule has 1 aliphatic rings. The minimum atomic E-state index is -0.705. The van der Waals surface area contributed by atoms with Crippen LogP contribution in [0.25, 0.3) is 0 Å². The largest absolute Gasteiger partial charge is 1.00 e. The molecular formula is C16H22NNaO4. The Labute approximate surface area is 154 Å². The number of nitrogens with one attached hydrogen (secondary N) is 1. The average molecular weight is 315 g/mol. The SMILES string of the molecule is O=C(NCC1CCC(C(=O)O)CC1)OCc1ccccc1.[H-].[Na+]. The van der Waals surface area contributed by atoms with E-state index in [0.717, 1.165) is 18.4 Å². The molecule has 5 nitrogen and oxygen atoms in total. The van der Waals surface area contributed by atoms with Gasteiger partial charge in [0.05, 0.1) is 5.92 Å². The number of benzene rings is 1. The normalized spacial score (nSPS) is 20.5. The van der Waals surface area contributed by atoms with Crippen molar-refractivity contribution < 1.29 is 50.4 Å². The van der Waals surface area contributed by atoms with Crippen LogP contribution < -0.4 is 34.9 Å². The molecule has 0 aliphatic heterocycles. The van der Waals surface area contributed by atoms with Gasteiger partial charge in [0.15, 0.2) is 0 Å². The molecule has 1 aromatic carbocycles. The van der Waals surface area contributed by atoms with Gasteiger partial charge in [0.1, 0.15) is 6.61 Å². The first-order chi connectivity index (χ1) is 10.1. The van der Waals surface area contributed by atoms with Gasteiger partial charge >= 0.3 is 41.6 Å². The van der Waals surface area contributed by atoms with E-state index < -0.39 is 12.1 Å². The van der Waals surface area contributed by atoms with Crippen molar-refractivity contribution >= 4 is 12.1 Å². The summed E-state index contributed by atoms with van der Waals surface area (Å²) in [6.45, 7) is 0.818. The van der Waals surface area contributed by atoms with Crippen molar-refractivity contribution in [2.24, 2.45) is 11.8 Å². The summed E-state index contributed by atoms with van der Waals surface area (Å²) in [5.41, 5.74) is 0.953. The van der Waals surface area contributed by atoms with Gasteiger partial charge < -0.3 is 16.6 Å². The first-order valence-electron chi connectivity index (χ1n) is 7.32.